The summed E-state index contributed by atoms with van der Waals surface area (Å²) in [4.78, 5) is 25.8. The summed E-state index contributed by atoms with van der Waals surface area (Å²) >= 11 is 0. The summed E-state index contributed by atoms with van der Waals surface area (Å²) in [7, 11) is 0. The van der Waals surface area contributed by atoms with E-state index in [4.69, 9.17) is 5.73 Å². The van der Waals surface area contributed by atoms with Crippen LogP contribution in [-0.4, -0.2) is 35.3 Å². The largest absolute Gasteiger partial charge is 0.368 e. The van der Waals surface area contributed by atoms with Crippen LogP contribution in [0, 0.1) is 0 Å². The molecule has 2 aliphatic heterocycles. The number of nitrogens with one attached hydrogen (secondary N) is 1. The maximum absolute atomic E-state index is 12.1. The molecule has 20 heavy (non-hydrogen) atoms. The summed E-state index contributed by atoms with van der Waals surface area (Å²) in [6.45, 7) is 1.34. The summed E-state index contributed by atoms with van der Waals surface area (Å²) in [5.74, 6) is -0.334. The van der Waals surface area contributed by atoms with Crippen LogP contribution < -0.4 is 11.1 Å². The Morgan fingerprint density at radius 2 is 2.05 bits per heavy atom. The molecule has 1 aromatic rings. The number of rotatable bonds is 2. The van der Waals surface area contributed by atoms with Crippen molar-refractivity contribution in [3.63, 3.8) is 0 Å². The number of carbonyl (C=O) groups is 2. The van der Waals surface area contributed by atoms with Gasteiger partial charge in [-0.2, -0.15) is 0 Å². The molecular formula is C15H19N3O2. The molecule has 3 N–H and O–H groups in total. The van der Waals surface area contributed by atoms with E-state index in [2.05, 4.69) is 11.4 Å². The topological polar surface area (TPSA) is 75.4 Å². The van der Waals surface area contributed by atoms with Crippen LogP contribution >= 0.6 is 0 Å². The van der Waals surface area contributed by atoms with Crippen molar-refractivity contribution in [2.75, 3.05) is 6.54 Å². The van der Waals surface area contributed by atoms with Gasteiger partial charge < -0.3 is 11.1 Å². The first kappa shape index (κ1) is 13.1. The summed E-state index contributed by atoms with van der Waals surface area (Å²) < 4.78 is 0. The molecule has 0 aliphatic carbocycles. The number of piperidine rings is 1. The van der Waals surface area contributed by atoms with Crippen LogP contribution in [-0.2, 0) is 22.6 Å². The van der Waals surface area contributed by atoms with Crippen molar-refractivity contribution < 1.29 is 9.59 Å². The van der Waals surface area contributed by atoms with Gasteiger partial charge in [0, 0.05) is 13.1 Å². The SMILES string of the molecule is NC(=O)C1Cc2ccccc2CN1C1CCCNC1=O. The predicted molar refractivity (Wildman–Crippen MR) is 74.7 cm³/mol. The minimum atomic E-state index is -0.390. The third-order valence-corrected chi connectivity index (χ3v) is 4.27. The molecule has 1 saturated heterocycles. The second-order valence-electron chi connectivity index (χ2n) is 5.51. The van der Waals surface area contributed by atoms with Crippen LogP contribution in [0.1, 0.15) is 24.0 Å². The first-order chi connectivity index (χ1) is 9.66. The zero-order valence-corrected chi connectivity index (χ0v) is 11.3. The molecule has 2 unspecified atom stereocenters. The van der Waals surface area contributed by atoms with Gasteiger partial charge in [-0.05, 0) is 30.4 Å². The highest BCUT2D eigenvalue weighted by molar-refractivity contribution is 5.85. The third-order valence-electron chi connectivity index (χ3n) is 4.27. The maximum Gasteiger partial charge on any atom is 0.237 e. The van der Waals surface area contributed by atoms with Crippen molar-refractivity contribution in [2.45, 2.75) is 37.9 Å². The number of fused-ring (bicyclic) bond motifs is 1. The Morgan fingerprint density at radius 1 is 1.30 bits per heavy atom. The van der Waals surface area contributed by atoms with E-state index in [9.17, 15) is 9.59 Å². The summed E-state index contributed by atoms with van der Waals surface area (Å²) in [5, 5.41) is 2.88. The Labute approximate surface area is 118 Å². The first-order valence-electron chi connectivity index (χ1n) is 7.06. The average molecular weight is 273 g/mol. The molecule has 106 valence electrons. The fraction of sp³-hybridized carbons (Fsp3) is 0.467. The number of amides is 2. The smallest absolute Gasteiger partial charge is 0.237 e. The molecule has 2 heterocycles. The van der Waals surface area contributed by atoms with Gasteiger partial charge >= 0.3 is 0 Å². The van der Waals surface area contributed by atoms with Crippen LogP contribution in [0.2, 0.25) is 0 Å². The van der Waals surface area contributed by atoms with Crippen molar-refractivity contribution in [3.8, 4) is 0 Å². The van der Waals surface area contributed by atoms with E-state index in [1.54, 1.807) is 0 Å². The summed E-state index contributed by atoms with van der Waals surface area (Å²) in [5.41, 5.74) is 7.89. The van der Waals surface area contributed by atoms with Crippen LogP contribution in [0.3, 0.4) is 0 Å². The third kappa shape index (κ3) is 2.29. The first-order valence-corrected chi connectivity index (χ1v) is 7.06. The highest BCUT2D eigenvalue weighted by Crippen LogP contribution is 2.27. The Morgan fingerprint density at radius 3 is 2.75 bits per heavy atom. The lowest BCUT2D eigenvalue weighted by atomic mass is 9.90. The average Bonchev–Trinajstić information content (AvgIpc) is 2.46. The maximum atomic E-state index is 12.1. The van der Waals surface area contributed by atoms with Gasteiger partial charge in [0.1, 0.15) is 0 Å². The highest BCUT2D eigenvalue weighted by atomic mass is 16.2. The molecule has 3 rings (SSSR count). The number of nitrogens with two attached hydrogens (primary N) is 1. The van der Waals surface area contributed by atoms with E-state index < -0.39 is 6.04 Å². The quantitative estimate of drug-likeness (QED) is 0.807. The number of hydrogen-bond donors (Lipinski definition) is 2. The molecule has 0 saturated carbocycles. The number of nitrogens with zero attached hydrogens (tertiary/aromatic N) is 1. The van der Waals surface area contributed by atoms with Crippen LogP contribution in [0.4, 0.5) is 0 Å². The van der Waals surface area contributed by atoms with E-state index in [0.717, 1.165) is 24.9 Å². The van der Waals surface area contributed by atoms with Gasteiger partial charge in [0.15, 0.2) is 0 Å². The number of hydrogen-bond acceptors (Lipinski definition) is 3. The molecule has 1 aromatic carbocycles. The number of primary amides is 1. The minimum absolute atomic E-state index is 0.0156. The Hall–Kier alpha value is -1.88. The minimum Gasteiger partial charge on any atom is -0.368 e. The zero-order chi connectivity index (χ0) is 14.1. The van der Waals surface area contributed by atoms with E-state index in [-0.39, 0.29) is 17.9 Å². The lowest BCUT2D eigenvalue weighted by molar-refractivity contribution is -0.133. The molecule has 2 amide bonds. The van der Waals surface area contributed by atoms with Gasteiger partial charge in [-0.3, -0.25) is 14.5 Å². The lowest BCUT2D eigenvalue weighted by Crippen LogP contribution is -2.58. The molecule has 2 aliphatic rings. The fourth-order valence-corrected chi connectivity index (χ4v) is 3.21. The molecule has 0 bridgehead atoms. The van der Waals surface area contributed by atoms with Gasteiger partial charge in [0.25, 0.3) is 0 Å². The molecule has 0 aromatic heterocycles. The Bertz CT molecular complexity index is 544. The van der Waals surface area contributed by atoms with Crippen molar-refractivity contribution in [2.24, 2.45) is 5.73 Å². The zero-order valence-electron chi connectivity index (χ0n) is 11.3. The fourth-order valence-electron chi connectivity index (χ4n) is 3.21. The molecule has 5 nitrogen and oxygen atoms in total. The molecule has 0 radical (unpaired) electrons. The highest BCUT2D eigenvalue weighted by Gasteiger charge is 2.38. The molecule has 5 heteroatoms. The predicted octanol–water partition coefficient (Wildman–Crippen LogP) is 0.177. The number of benzene rings is 1. The Kier molecular flexibility index (Phi) is 3.44. The second-order valence-corrected chi connectivity index (χ2v) is 5.51. The normalized spacial score (nSPS) is 26.7. The van der Waals surface area contributed by atoms with Gasteiger partial charge in [-0.25, -0.2) is 0 Å². The summed E-state index contributed by atoms with van der Waals surface area (Å²) in [6, 6.07) is 7.42. The molecule has 2 atom stereocenters. The van der Waals surface area contributed by atoms with Crippen molar-refractivity contribution in [3.05, 3.63) is 35.4 Å². The van der Waals surface area contributed by atoms with Gasteiger partial charge in [-0.15, -0.1) is 0 Å². The van der Waals surface area contributed by atoms with Crippen LogP contribution in [0.15, 0.2) is 24.3 Å². The molecular weight excluding hydrogens is 254 g/mol. The van der Waals surface area contributed by atoms with Crippen LogP contribution in [0.25, 0.3) is 0 Å². The van der Waals surface area contributed by atoms with Gasteiger partial charge in [-0.1, -0.05) is 24.3 Å². The van der Waals surface area contributed by atoms with Crippen molar-refractivity contribution in [1.29, 1.82) is 0 Å². The van der Waals surface area contributed by atoms with E-state index in [1.165, 1.54) is 5.56 Å². The standard InChI is InChI=1S/C15H19N3O2/c16-14(19)13-8-10-4-1-2-5-11(10)9-18(13)12-6-3-7-17-15(12)20/h1-2,4-5,12-13H,3,6-9H2,(H2,16,19)(H,17,20). The molecule has 1 fully saturated rings. The molecule has 0 spiro atoms. The van der Waals surface area contributed by atoms with E-state index in [0.29, 0.717) is 13.0 Å². The monoisotopic (exact) mass is 273 g/mol. The lowest BCUT2D eigenvalue weighted by Gasteiger charge is -2.41. The van der Waals surface area contributed by atoms with Gasteiger partial charge in [0.2, 0.25) is 11.8 Å². The Balaban J connectivity index is 1.91. The van der Waals surface area contributed by atoms with Crippen molar-refractivity contribution in [1.82, 2.24) is 10.2 Å². The second kappa shape index (κ2) is 5.25. The number of carbonyl (C=O) groups excluding carboxylic acids is 2. The van der Waals surface area contributed by atoms with Gasteiger partial charge in [0.05, 0.1) is 12.1 Å². The van der Waals surface area contributed by atoms with E-state index in [1.807, 2.05) is 23.1 Å². The summed E-state index contributed by atoms with van der Waals surface area (Å²) in [6.07, 6.45) is 2.33. The van der Waals surface area contributed by atoms with Crippen molar-refractivity contribution >= 4 is 11.8 Å². The van der Waals surface area contributed by atoms with Crippen LogP contribution in [0.5, 0.6) is 0 Å². The van der Waals surface area contributed by atoms with E-state index >= 15 is 0 Å².